The molecule has 0 aromatic heterocycles. The summed E-state index contributed by atoms with van der Waals surface area (Å²) in [6.45, 7) is 5.22. The number of benzene rings is 1. The quantitative estimate of drug-likeness (QED) is 0.501. The predicted molar refractivity (Wildman–Crippen MR) is 85.4 cm³/mol. The summed E-state index contributed by atoms with van der Waals surface area (Å²) in [5.74, 6) is 1.31. The van der Waals surface area contributed by atoms with Crippen LogP contribution in [-0.4, -0.2) is 26.6 Å². The Bertz CT molecular complexity index is 363. The fraction of sp³-hybridized carbons (Fsp3) is 0.462. The van der Waals surface area contributed by atoms with E-state index in [2.05, 4.69) is 53.7 Å². The maximum absolute atomic E-state index is 4.08. The van der Waals surface area contributed by atoms with E-state index in [0.29, 0.717) is 5.92 Å². The van der Waals surface area contributed by atoms with Crippen LogP contribution in [0.3, 0.4) is 0 Å². The first kappa shape index (κ1) is 16.2. The summed E-state index contributed by atoms with van der Waals surface area (Å²) >= 11 is 0. The second-order valence-electron chi connectivity index (χ2n) is 4.02. The van der Waals surface area contributed by atoms with Crippen LogP contribution in [0.25, 0.3) is 0 Å². The molecule has 96 valence electrons. The molecule has 0 bridgehead atoms. The molecule has 17 heavy (non-hydrogen) atoms. The number of guanidine groups is 1. The molecule has 1 atom stereocenters. The zero-order chi connectivity index (χ0) is 12.0. The minimum atomic E-state index is 0. The van der Waals surface area contributed by atoms with Gasteiger partial charge in [0.25, 0.3) is 0 Å². The molecule has 1 aromatic carbocycles. The summed E-state index contributed by atoms with van der Waals surface area (Å²) in [5, 5.41) is 6.28. The van der Waals surface area contributed by atoms with Crippen LogP contribution in [-0.2, 0) is 0 Å². The Hall–Kier alpha value is -0.780. The van der Waals surface area contributed by atoms with E-state index in [1.165, 1.54) is 11.1 Å². The smallest absolute Gasteiger partial charge is 0.190 e. The first-order valence-electron chi connectivity index (χ1n) is 5.62. The fourth-order valence-electron chi connectivity index (χ4n) is 1.62. The first-order chi connectivity index (χ1) is 7.67. The number of hydrogen-bond acceptors (Lipinski definition) is 1. The summed E-state index contributed by atoms with van der Waals surface area (Å²) in [7, 11) is 3.64. The van der Waals surface area contributed by atoms with E-state index in [1.807, 2.05) is 7.05 Å². The Morgan fingerprint density at radius 2 is 2.12 bits per heavy atom. The van der Waals surface area contributed by atoms with Gasteiger partial charge in [-0.15, -0.1) is 24.0 Å². The largest absolute Gasteiger partial charge is 0.359 e. The van der Waals surface area contributed by atoms with Crippen LogP contribution < -0.4 is 10.6 Å². The van der Waals surface area contributed by atoms with E-state index in [4.69, 9.17) is 0 Å². The van der Waals surface area contributed by atoms with Gasteiger partial charge in [-0.1, -0.05) is 36.8 Å². The molecular weight excluding hydrogens is 325 g/mol. The molecule has 0 saturated heterocycles. The van der Waals surface area contributed by atoms with Crippen molar-refractivity contribution in [1.82, 2.24) is 10.6 Å². The van der Waals surface area contributed by atoms with Crippen LogP contribution in [0.1, 0.15) is 24.0 Å². The third-order valence-electron chi connectivity index (χ3n) is 2.65. The third-order valence-corrected chi connectivity index (χ3v) is 2.65. The molecule has 3 nitrogen and oxygen atoms in total. The molecule has 0 aliphatic rings. The van der Waals surface area contributed by atoms with Crippen molar-refractivity contribution in [3.63, 3.8) is 0 Å². The highest BCUT2D eigenvalue weighted by Gasteiger charge is 2.05. The molecule has 0 spiro atoms. The summed E-state index contributed by atoms with van der Waals surface area (Å²) < 4.78 is 0. The Morgan fingerprint density at radius 1 is 1.41 bits per heavy atom. The molecule has 0 radical (unpaired) electrons. The number of hydrogen-bond donors (Lipinski definition) is 2. The second-order valence-corrected chi connectivity index (χ2v) is 4.02. The number of halogens is 1. The predicted octanol–water partition coefficient (Wildman–Crippen LogP) is 2.51. The summed E-state index contributed by atoms with van der Waals surface area (Å²) in [4.78, 5) is 4.08. The van der Waals surface area contributed by atoms with Gasteiger partial charge >= 0.3 is 0 Å². The lowest BCUT2D eigenvalue weighted by atomic mass is 9.99. The molecule has 0 heterocycles. The standard InChI is InChI=1S/C13H21N3.HI/c1-10-6-5-7-12(8-10)11(2)9-16-13(14-3)15-4;/h5-8,11H,9H2,1-4H3,(H2,14,15,16);1H. The van der Waals surface area contributed by atoms with Crippen molar-refractivity contribution in [3.05, 3.63) is 35.4 Å². The topological polar surface area (TPSA) is 36.4 Å². The van der Waals surface area contributed by atoms with Crippen molar-refractivity contribution >= 4 is 29.9 Å². The van der Waals surface area contributed by atoms with Gasteiger partial charge in [0.15, 0.2) is 5.96 Å². The number of rotatable bonds is 3. The van der Waals surface area contributed by atoms with Crippen molar-refractivity contribution in [2.75, 3.05) is 20.6 Å². The van der Waals surface area contributed by atoms with Gasteiger partial charge in [0.2, 0.25) is 0 Å². The molecule has 0 aliphatic carbocycles. The van der Waals surface area contributed by atoms with Crippen molar-refractivity contribution in [2.45, 2.75) is 19.8 Å². The van der Waals surface area contributed by atoms with Crippen LogP contribution in [0.2, 0.25) is 0 Å². The summed E-state index contributed by atoms with van der Waals surface area (Å²) in [6, 6.07) is 8.63. The Labute approximate surface area is 121 Å². The van der Waals surface area contributed by atoms with Gasteiger partial charge in [-0.25, -0.2) is 0 Å². The van der Waals surface area contributed by atoms with Crippen LogP contribution in [0.5, 0.6) is 0 Å². The number of aliphatic imine (C=N–C) groups is 1. The molecular formula is C13H22IN3. The Kier molecular flexibility index (Phi) is 7.95. The molecule has 0 aliphatic heterocycles. The number of nitrogens with one attached hydrogen (secondary N) is 2. The minimum Gasteiger partial charge on any atom is -0.359 e. The van der Waals surface area contributed by atoms with Gasteiger partial charge in [-0.3, -0.25) is 4.99 Å². The zero-order valence-electron chi connectivity index (χ0n) is 10.9. The monoisotopic (exact) mass is 347 g/mol. The molecule has 1 aromatic rings. The maximum Gasteiger partial charge on any atom is 0.190 e. The molecule has 0 saturated carbocycles. The van der Waals surface area contributed by atoms with E-state index in [9.17, 15) is 0 Å². The van der Waals surface area contributed by atoms with Crippen molar-refractivity contribution in [1.29, 1.82) is 0 Å². The van der Waals surface area contributed by atoms with Gasteiger partial charge in [0.1, 0.15) is 0 Å². The second kappa shape index (κ2) is 8.33. The van der Waals surface area contributed by atoms with Crippen LogP contribution in [0.15, 0.2) is 29.3 Å². The van der Waals surface area contributed by atoms with E-state index >= 15 is 0 Å². The van der Waals surface area contributed by atoms with Crippen LogP contribution in [0, 0.1) is 6.92 Å². The molecule has 2 N–H and O–H groups in total. The normalized spacial score (nSPS) is 12.6. The van der Waals surface area contributed by atoms with Crippen molar-refractivity contribution < 1.29 is 0 Å². The van der Waals surface area contributed by atoms with Crippen LogP contribution >= 0.6 is 24.0 Å². The molecule has 1 rings (SSSR count). The van der Waals surface area contributed by atoms with Crippen molar-refractivity contribution in [2.24, 2.45) is 4.99 Å². The SMILES string of the molecule is CN=C(NC)NCC(C)c1cccc(C)c1.I. The lowest BCUT2D eigenvalue weighted by molar-refractivity contribution is 0.708. The fourth-order valence-corrected chi connectivity index (χ4v) is 1.62. The molecule has 0 amide bonds. The van der Waals surface area contributed by atoms with Gasteiger partial charge < -0.3 is 10.6 Å². The van der Waals surface area contributed by atoms with Crippen molar-refractivity contribution in [3.8, 4) is 0 Å². The zero-order valence-corrected chi connectivity index (χ0v) is 13.3. The average molecular weight is 347 g/mol. The molecule has 4 heteroatoms. The van der Waals surface area contributed by atoms with E-state index < -0.39 is 0 Å². The summed E-state index contributed by atoms with van der Waals surface area (Å²) in [6.07, 6.45) is 0. The van der Waals surface area contributed by atoms with Gasteiger partial charge in [-0.2, -0.15) is 0 Å². The lowest BCUT2D eigenvalue weighted by Gasteiger charge is -2.15. The van der Waals surface area contributed by atoms with E-state index in [-0.39, 0.29) is 24.0 Å². The van der Waals surface area contributed by atoms with Crippen LogP contribution in [0.4, 0.5) is 0 Å². The molecule has 1 unspecified atom stereocenters. The highest BCUT2D eigenvalue weighted by Crippen LogP contribution is 2.15. The average Bonchev–Trinajstić information content (AvgIpc) is 2.30. The number of nitrogens with zero attached hydrogens (tertiary/aromatic N) is 1. The third kappa shape index (κ3) is 5.39. The first-order valence-corrected chi connectivity index (χ1v) is 5.62. The maximum atomic E-state index is 4.08. The highest BCUT2D eigenvalue weighted by atomic mass is 127. The van der Waals surface area contributed by atoms with E-state index in [1.54, 1.807) is 7.05 Å². The molecule has 0 fully saturated rings. The van der Waals surface area contributed by atoms with Gasteiger partial charge in [0, 0.05) is 20.6 Å². The highest BCUT2D eigenvalue weighted by molar-refractivity contribution is 14.0. The lowest BCUT2D eigenvalue weighted by Crippen LogP contribution is -2.36. The minimum absolute atomic E-state index is 0. The van der Waals surface area contributed by atoms with Gasteiger partial charge in [-0.05, 0) is 18.4 Å². The Morgan fingerprint density at radius 3 is 2.65 bits per heavy atom. The van der Waals surface area contributed by atoms with Gasteiger partial charge in [0.05, 0.1) is 0 Å². The Balaban J connectivity index is 0.00000256. The van der Waals surface area contributed by atoms with E-state index in [0.717, 1.165) is 12.5 Å². The summed E-state index contributed by atoms with van der Waals surface area (Å²) in [5.41, 5.74) is 2.67. The number of aryl methyl sites for hydroxylation is 1.